The van der Waals surface area contributed by atoms with Crippen LogP contribution in [0.5, 0.6) is 11.5 Å². The Bertz CT molecular complexity index is 1070. The molecule has 2 aliphatic heterocycles. The first-order chi connectivity index (χ1) is 14.2. The third-order valence-corrected chi connectivity index (χ3v) is 5.02. The molecule has 0 N–H and O–H groups in total. The summed E-state index contributed by atoms with van der Waals surface area (Å²) in [5.74, 6) is 3.34. The van der Waals surface area contributed by atoms with E-state index in [1.54, 1.807) is 12.4 Å². The highest BCUT2D eigenvalue weighted by molar-refractivity contribution is 5.76. The van der Waals surface area contributed by atoms with Crippen molar-refractivity contribution in [2.45, 2.75) is 0 Å². The lowest BCUT2D eigenvalue weighted by molar-refractivity contribution is 0.481. The van der Waals surface area contributed by atoms with E-state index >= 15 is 0 Å². The van der Waals surface area contributed by atoms with E-state index in [0.717, 1.165) is 41.2 Å². The van der Waals surface area contributed by atoms with E-state index < -0.39 is 0 Å². The topological polar surface area (TPSA) is 48.0 Å². The van der Waals surface area contributed by atoms with Crippen LogP contribution >= 0.6 is 0 Å². The number of benzene rings is 2. The average molecular weight is 386 g/mol. The van der Waals surface area contributed by atoms with Gasteiger partial charge in [0.1, 0.15) is 11.5 Å². The summed E-state index contributed by atoms with van der Waals surface area (Å²) < 4.78 is 6.18. The monoisotopic (exact) mass is 386 g/mol. The molecular formula is C22H22N6O. The number of fused-ring (bicyclic) bond motifs is 1. The zero-order valence-electron chi connectivity index (χ0n) is 16.4. The third-order valence-electron chi connectivity index (χ3n) is 5.02. The lowest BCUT2D eigenvalue weighted by Crippen LogP contribution is -2.24. The molecule has 7 nitrogen and oxygen atoms in total. The Morgan fingerprint density at radius 3 is 2.21 bits per heavy atom. The lowest BCUT2D eigenvalue weighted by Gasteiger charge is -2.20. The molecule has 0 bridgehead atoms. The normalized spacial score (nSPS) is 15.2. The van der Waals surface area contributed by atoms with Crippen LogP contribution in [0.25, 0.3) is 0 Å². The van der Waals surface area contributed by atoms with Gasteiger partial charge in [-0.2, -0.15) is 0 Å². The summed E-state index contributed by atoms with van der Waals surface area (Å²) in [4.78, 5) is 17.5. The summed E-state index contributed by atoms with van der Waals surface area (Å²) in [5, 5.41) is 0. The highest BCUT2D eigenvalue weighted by Crippen LogP contribution is 2.38. The van der Waals surface area contributed by atoms with E-state index in [2.05, 4.69) is 67.2 Å². The fraction of sp³-hybridized carbons (Fsp3) is 0.182. The largest absolute Gasteiger partial charge is 0.457 e. The second-order valence-corrected chi connectivity index (χ2v) is 7.23. The molecule has 3 aromatic rings. The minimum absolute atomic E-state index is 0.701. The minimum Gasteiger partial charge on any atom is -0.457 e. The first kappa shape index (κ1) is 17.4. The number of anilines is 4. The Balaban J connectivity index is 1.38. The van der Waals surface area contributed by atoms with Crippen molar-refractivity contribution in [3.8, 4) is 11.5 Å². The summed E-state index contributed by atoms with van der Waals surface area (Å²) >= 11 is 0. The number of hydrogen-bond acceptors (Lipinski definition) is 7. The molecule has 7 heteroatoms. The summed E-state index contributed by atoms with van der Waals surface area (Å²) in [6, 6.07) is 16.2. The van der Waals surface area contributed by atoms with Gasteiger partial charge in [0.15, 0.2) is 11.6 Å². The van der Waals surface area contributed by atoms with Crippen molar-refractivity contribution < 1.29 is 4.74 Å². The van der Waals surface area contributed by atoms with E-state index in [1.165, 1.54) is 0 Å². The van der Waals surface area contributed by atoms with Gasteiger partial charge in [-0.3, -0.25) is 0 Å². The number of nitrogens with zero attached hydrogens (tertiary/aromatic N) is 6. The van der Waals surface area contributed by atoms with Gasteiger partial charge in [0, 0.05) is 62.4 Å². The molecule has 0 radical (unpaired) electrons. The van der Waals surface area contributed by atoms with Crippen LogP contribution in [-0.4, -0.2) is 42.3 Å². The van der Waals surface area contributed by atoms with Gasteiger partial charge in [-0.05, 0) is 24.3 Å². The van der Waals surface area contributed by atoms with Gasteiger partial charge in [-0.1, -0.05) is 12.1 Å². The van der Waals surface area contributed by atoms with Crippen LogP contribution < -0.4 is 19.4 Å². The lowest BCUT2D eigenvalue weighted by atomic mass is 10.2. The van der Waals surface area contributed by atoms with Crippen LogP contribution in [0.15, 0.2) is 73.3 Å². The molecule has 29 heavy (non-hydrogen) atoms. The average Bonchev–Trinajstić information content (AvgIpc) is 3.32. The SMILES string of the molecule is CN1C=CN(c2cccc(Oc3cccc(N4CN(C)c5nccnc54)c3)c2)C1. The highest BCUT2D eigenvalue weighted by atomic mass is 16.5. The summed E-state index contributed by atoms with van der Waals surface area (Å²) in [6.45, 7) is 1.54. The van der Waals surface area contributed by atoms with Gasteiger partial charge in [-0.25, -0.2) is 9.97 Å². The van der Waals surface area contributed by atoms with Crippen molar-refractivity contribution in [3.63, 3.8) is 0 Å². The molecule has 0 atom stereocenters. The molecular weight excluding hydrogens is 364 g/mol. The molecule has 0 fully saturated rings. The predicted molar refractivity (Wildman–Crippen MR) is 115 cm³/mol. The third kappa shape index (κ3) is 3.31. The van der Waals surface area contributed by atoms with Crippen molar-refractivity contribution in [2.75, 3.05) is 42.1 Å². The van der Waals surface area contributed by atoms with Gasteiger partial charge in [-0.15, -0.1) is 0 Å². The Labute approximate surface area is 170 Å². The Hall–Kier alpha value is -3.74. The van der Waals surface area contributed by atoms with Crippen LogP contribution in [0.2, 0.25) is 0 Å². The maximum absolute atomic E-state index is 6.18. The molecule has 0 spiro atoms. The zero-order chi connectivity index (χ0) is 19.8. The van der Waals surface area contributed by atoms with Crippen LogP contribution in [0.1, 0.15) is 0 Å². The molecule has 5 rings (SSSR count). The smallest absolute Gasteiger partial charge is 0.178 e. The van der Waals surface area contributed by atoms with E-state index in [9.17, 15) is 0 Å². The van der Waals surface area contributed by atoms with E-state index in [1.807, 2.05) is 37.4 Å². The number of aromatic nitrogens is 2. The zero-order valence-corrected chi connectivity index (χ0v) is 16.4. The Morgan fingerprint density at radius 2 is 1.48 bits per heavy atom. The van der Waals surface area contributed by atoms with Crippen molar-refractivity contribution in [3.05, 3.63) is 73.3 Å². The second-order valence-electron chi connectivity index (χ2n) is 7.23. The van der Waals surface area contributed by atoms with Gasteiger partial charge in [0.2, 0.25) is 0 Å². The summed E-state index contributed by atoms with van der Waals surface area (Å²) in [6.07, 6.45) is 7.58. The quantitative estimate of drug-likeness (QED) is 0.672. The maximum atomic E-state index is 6.18. The molecule has 2 aliphatic rings. The van der Waals surface area contributed by atoms with Crippen LogP contribution in [0, 0.1) is 0 Å². The predicted octanol–water partition coefficient (Wildman–Crippen LogP) is 3.99. The maximum Gasteiger partial charge on any atom is 0.178 e. The molecule has 146 valence electrons. The van der Waals surface area contributed by atoms with Crippen LogP contribution in [0.3, 0.4) is 0 Å². The highest BCUT2D eigenvalue weighted by Gasteiger charge is 2.27. The minimum atomic E-state index is 0.701. The second kappa shape index (κ2) is 7.01. The van der Waals surface area contributed by atoms with Gasteiger partial charge in [0.05, 0.1) is 13.3 Å². The number of hydrogen-bond donors (Lipinski definition) is 0. The van der Waals surface area contributed by atoms with Gasteiger partial charge < -0.3 is 24.3 Å². The Morgan fingerprint density at radius 1 is 0.793 bits per heavy atom. The summed E-state index contributed by atoms with van der Waals surface area (Å²) in [5.41, 5.74) is 2.12. The van der Waals surface area contributed by atoms with E-state index in [4.69, 9.17) is 4.74 Å². The van der Waals surface area contributed by atoms with Crippen LogP contribution in [0.4, 0.5) is 23.0 Å². The molecule has 0 saturated heterocycles. The molecule has 2 aromatic carbocycles. The number of ether oxygens (including phenoxy) is 1. The fourth-order valence-electron chi connectivity index (χ4n) is 3.61. The van der Waals surface area contributed by atoms with Gasteiger partial charge >= 0.3 is 0 Å². The van der Waals surface area contributed by atoms with Crippen molar-refractivity contribution in [2.24, 2.45) is 0 Å². The van der Waals surface area contributed by atoms with Crippen molar-refractivity contribution in [1.29, 1.82) is 0 Å². The molecule has 3 heterocycles. The first-order valence-electron chi connectivity index (χ1n) is 9.50. The van der Waals surface area contributed by atoms with Crippen molar-refractivity contribution in [1.82, 2.24) is 14.9 Å². The standard InChI is InChI=1S/C22H22N6O/c1-25-11-12-27(15-25)17-5-3-7-19(13-17)29-20-8-4-6-18(14-20)28-16-26(2)21-22(28)24-10-9-23-21/h3-14H,15-16H2,1-2H3. The molecule has 0 aliphatic carbocycles. The van der Waals surface area contributed by atoms with E-state index in [-0.39, 0.29) is 0 Å². The van der Waals surface area contributed by atoms with E-state index in [0.29, 0.717) is 6.67 Å². The summed E-state index contributed by atoms with van der Waals surface area (Å²) in [7, 11) is 4.07. The fourth-order valence-corrected chi connectivity index (χ4v) is 3.61. The number of rotatable bonds is 4. The molecule has 1 aromatic heterocycles. The van der Waals surface area contributed by atoms with Crippen LogP contribution in [-0.2, 0) is 0 Å². The first-order valence-corrected chi connectivity index (χ1v) is 9.50. The molecule has 0 saturated carbocycles. The Kier molecular flexibility index (Phi) is 4.20. The molecule has 0 amide bonds. The van der Waals surface area contributed by atoms with Gasteiger partial charge in [0.25, 0.3) is 0 Å². The molecule has 0 unspecified atom stereocenters. The van der Waals surface area contributed by atoms with Crippen molar-refractivity contribution >= 4 is 23.0 Å².